The Balaban J connectivity index is 2.13. The van der Waals surface area contributed by atoms with Gasteiger partial charge in [0.2, 0.25) is 0 Å². The predicted octanol–water partition coefficient (Wildman–Crippen LogP) is 4.81. The Bertz CT molecular complexity index is 910. The monoisotopic (exact) mass is 278 g/mol. The van der Waals surface area contributed by atoms with E-state index in [0.717, 1.165) is 27.7 Å². The molecule has 2 nitrogen and oxygen atoms in total. The summed E-state index contributed by atoms with van der Waals surface area (Å²) in [5.74, 6) is 0. The number of para-hydroxylation sites is 2. The van der Waals surface area contributed by atoms with Crippen LogP contribution in [0.5, 0.6) is 0 Å². The number of halogens is 1. The van der Waals surface area contributed by atoms with Crippen LogP contribution in [-0.2, 0) is 0 Å². The molecule has 0 bridgehead atoms. The molecule has 0 aliphatic rings. The van der Waals surface area contributed by atoms with E-state index in [4.69, 9.17) is 11.6 Å². The summed E-state index contributed by atoms with van der Waals surface area (Å²) in [6.07, 6.45) is 1.89. The SMILES string of the molecule is Clc1cc(-c2ccccc2)c2cnc3ccccc3n12. The van der Waals surface area contributed by atoms with E-state index in [1.807, 2.05) is 59.1 Å². The van der Waals surface area contributed by atoms with Crippen molar-refractivity contribution in [2.75, 3.05) is 0 Å². The van der Waals surface area contributed by atoms with Gasteiger partial charge < -0.3 is 0 Å². The molecule has 0 atom stereocenters. The van der Waals surface area contributed by atoms with E-state index in [2.05, 4.69) is 17.1 Å². The molecule has 0 saturated carbocycles. The van der Waals surface area contributed by atoms with E-state index in [0.29, 0.717) is 5.15 Å². The summed E-state index contributed by atoms with van der Waals surface area (Å²) in [5.41, 5.74) is 5.25. The third-order valence-electron chi connectivity index (χ3n) is 3.53. The molecule has 4 rings (SSSR count). The van der Waals surface area contributed by atoms with Crippen LogP contribution < -0.4 is 0 Å². The first-order valence-corrected chi connectivity index (χ1v) is 6.82. The summed E-state index contributed by atoms with van der Waals surface area (Å²) in [6, 6.07) is 20.3. The zero-order valence-corrected chi connectivity index (χ0v) is 11.4. The topological polar surface area (TPSA) is 17.3 Å². The lowest BCUT2D eigenvalue weighted by atomic mass is 10.1. The first kappa shape index (κ1) is 11.5. The van der Waals surface area contributed by atoms with E-state index in [1.54, 1.807) is 0 Å². The second-order valence-electron chi connectivity index (χ2n) is 4.71. The average Bonchev–Trinajstić information content (AvgIpc) is 2.86. The number of rotatable bonds is 1. The summed E-state index contributed by atoms with van der Waals surface area (Å²) in [4.78, 5) is 4.53. The number of aromatic nitrogens is 2. The second-order valence-corrected chi connectivity index (χ2v) is 5.10. The fourth-order valence-corrected chi connectivity index (χ4v) is 2.90. The van der Waals surface area contributed by atoms with Crippen LogP contribution in [0.4, 0.5) is 0 Å². The maximum atomic E-state index is 6.44. The molecular formula is C17H11ClN2. The first-order chi connectivity index (χ1) is 9.84. The Hall–Kier alpha value is -2.32. The fourth-order valence-electron chi connectivity index (χ4n) is 2.61. The van der Waals surface area contributed by atoms with Gasteiger partial charge in [0, 0.05) is 5.56 Å². The quantitative estimate of drug-likeness (QED) is 0.488. The Morgan fingerprint density at radius 3 is 2.45 bits per heavy atom. The fraction of sp³-hybridized carbons (Fsp3) is 0. The minimum atomic E-state index is 0.706. The summed E-state index contributed by atoms with van der Waals surface area (Å²) in [7, 11) is 0. The van der Waals surface area contributed by atoms with Gasteiger partial charge in [-0.25, -0.2) is 0 Å². The van der Waals surface area contributed by atoms with Crippen molar-refractivity contribution in [2.24, 2.45) is 0 Å². The maximum Gasteiger partial charge on any atom is 0.114 e. The Morgan fingerprint density at radius 2 is 1.60 bits per heavy atom. The van der Waals surface area contributed by atoms with E-state index in [-0.39, 0.29) is 0 Å². The van der Waals surface area contributed by atoms with Crippen molar-refractivity contribution in [3.05, 3.63) is 72.0 Å². The van der Waals surface area contributed by atoms with Crippen LogP contribution in [0.2, 0.25) is 5.15 Å². The van der Waals surface area contributed by atoms with Crippen LogP contribution in [-0.4, -0.2) is 9.38 Å². The van der Waals surface area contributed by atoms with Crippen LogP contribution in [0.25, 0.3) is 27.7 Å². The maximum absolute atomic E-state index is 6.44. The third kappa shape index (κ3) is 1.62. The number of hydrogen-bond donors (Lipinski definition) is 0. The van der Waals surface area contributed by atoms with Gasteiger partial charge in [-0.3, -0.25) is 9.38 Å². The van der Waals surface area contributed by atoms with E-state index >= 15 is 0 Å². The highest BCUT2D eigenvalue weighted by Gasteiger charge is 2.11. The van der Waals surface area contributed by atoms with Gasteiger partial charge >= 0.3 is 0 Å². The van der Waals surface area contributed by atoms with Crippen molar-refractivity contribution < 1.29 is 0 Å². The van der Waals surface area contributed by atoms with Gasteiger partial charge in [0.05, 0.1) is 22.7 Å². The first-order valence-electron chi connectivity index (χ1n) is 6.45. The molecule has 96 valence electrons. The van der Waals surface area contributed by atoms with Crippen LogP contribution >= 0.6 is 11.6 Å². The van der Waals surface area contributed by atoms with Crippen LogP contribution in [0.3, 0.4) is 0 Å². The summed E-state index contributed by atoms with van der Waals surface area (Å²) >= 11 is 6.44. The average molecular weight is 279 g/mol. The molecule has 2 aromatic carbocycles. The van der Waals surface area contributed by atoms with Gasteiger partial charge in [0.25, 0.3) is 0 Å². The largest absolute Gasteiger partial charge is 0.296 e. The van der Waals surface area contributed by atoms with Crippen LogP contribution in [0.1, 0.15) is 0 Å². The summed E-state index contributed by atoms with van der Waals surface area (Å²) in [5, 5.41) is 0.706. The van der Waals surface area contributed by atoms with E-state index in [9.17, 15) is 0 Å². The molecule has 2 aromatic heterocycles. The predicted molar refractivity (Wildman–Crippen MR) is 83.1 cm³/mol. The highest BCUT2D eigenvalue weighted by atomic mass is 35.5. The molecule has 0 aliphatic carbocycles. The van der Waals surface area contributed by atoms with Crippen molar-refractivity contribution in [3.8, 4) is 11.1 Å². The molecule has 4 aromatic rings. The molecule has 0 unspecified atom stereocenters. The Labute approximate surface area is 121 Å². The van der Waals surface area contributed by atoms with Gasteiger partial charge in [-0.2, -0.15) is 0 Å². The standard InChI is InChI=1S/C17H11ClN2/c18-17-10-13(12-6-2-1-3-7-12)16-11-19-14-8-4-5-9-15(14)20(16)17/h1-11H. The molecule has 0 fully saturated rings. The summed E-state index contributed by atoms with van der Waals surface area (Å²) < 4.78 is 2.05. The lowest BCUT2D eigenvalue weighted by molar-refractivity contribution is 1.23. The van der Waals surface area contributed by atoms with Gasteiger partial charge in [0.1, 0.15) is 5.15 Å². The number of nitrogens with zero attached hydrogens (tertiary/aromatic N) is 2. The summed E-state index contributed by atoms with van der Waals surface area (Å²) in [6.45, 7) is 0. The van der Waals surface area contributed by atoms with Gasteiger partial charge in [-0.05, 0) is 23.8 Å². The number of hydrogen-bond acceptors (Lipinski definition) is 1. The molecule has 20 heavy (non-hydrogen) atoms. The van der Waals surface area contributed by atoms with Crippen LogP contribution in [0, 0.1) is 0 Å². The molecule has 0 aliphatic heterocycles. The molecular weight excluding hydrogens is 268 g/mol. The van der Waals surface area contributed by atoms with Gasteiger partial charge in [-0.15, -0.1) is 0 Å². The van der Waals surface area contributed by atoms with E-state index < -0.39 is 0 Å². The number of fused-ring (bicyclic) bond motifs is 3. The molecule has 0 amide bonds. The molecule has 3 heteroatoms. The molecule has 0 spiro atoms. The van der Waals surface area contributed by atoms with Crippen molar-refractivity contribution in [1.82, 2.24) is 9.38 Å². The Morgan fingerprint density at radius 1 is 0.850 bits per heavy atom. The third-order valence-corrected chi connectivity index (χ3v) is 3.81. The smallest absolute Gasteiger partial charge is 0.114 e. The zero-order chi connectivity index (χ0) is 13.5. The van der Waals surface area contributed by atoms with Gasteiger partial charge in [-0.1, -0.05) is 54.1 Å². The normalized spacial score (nSPS) is 11.2. The van der Waals surface area contributed by atoms with Gasteiger partial charge in [0.15, 0.2) is 0 Å². The van der Waals surface area contributed by atoms with Crippen LogP contribution in [0.15, 0.2) is 66.9 Å². The molecule has 2 heterocycles. The van der Waals surface area contributed by atoms with Crippen molar-refractivity contribution in [3.63, 3.8) is 0 Å². The number of benzene rings is 2. The lowest BCUT2D eigenvalue weighted by Gasteiger charge is -2.04. The highest BCUT2D eigenvalue weighted by molar-refractivity contribution is 6.31. The van der Waals surface area contributed by atoms with Crippen molar-refractivity contribution in [1.29, 1.82) is 0 Å². The van der Waals surface area contributed by atoms with Crippen molar-refractivity contribution >= 4 is 28.2 Å². The van der Waals surface area contributed by atoms with Crippen molar-refractivity contribution in [2.45, 2.75) is 0 Å². The minimum absolute atomic E-state index is 0.706. The minimum Gasteiger partial charge on any atom is -0.296 e. The molecule has 0 radical (unpaired) electrons. The Kier molecular flexibility index (Phi) is 2.51. The second kappa shape index (κ2) is 4.36. The molecule has 0 saturated heterocycles. The lowest BCUT2D eigenvalue weighted by Crippen LogP contribution is -1.90. The zero-order valence-electron chi connectivity index (χ0n) is 10.6. The van der Waals surface area contributed by atoms with E-state index in [1.165, 1.54) is 0 Å². The molecule has 0 N–H and O–H groups in total. The highest BCUT2D eigenvalue weighted by Crippen LogP contribution is 2.32.